The van der Waals surface area contributed by atoms with Crippen molar-refractivity contribution < 1.29 is 23.7 Å². The van der Waals surface area contributed by atoms with Crippen molar-refractivity contribution in [2.75, 3.05) is 18.7 Å². The first kappa shape index (κ1) is 15.6. The molecule has 0 unspecified atom stereocenters. The van der Waals surface area contributed by atoms with Crippen LogP contribution in [0.1, 0.15) is 29.8 Å². The van der Waals surface area contributed by atoms with Crippen molar-refractivity contribution in [1.82, 2.24) is 0 Å². The van der Waals surface area contributed by atoms with Gasteiger partial charge in [0.1, 0.15) is 17.6 Å². The zero-order valence-electron chi connectivity index (χ0n) is 14.1. The molecule has 0 aromatic heterocycles. The van der Waals surface area contributed by atoms with Gasteiger partial charge in [-0.15, -0.1) is 0 Å². The number of amides is 1. The van der Waals surface area contributed by atoms with E-state index in [-0.39, 0.29) is 18.8 Å². The second kappa shape index (κ2) is 6.20. The van der Waals surface area contributed by atoms with E-state index >= 15 is 0 Å². The number of rotatable bonds is 4. The second-order valence-corrected chi connectivity index (χ2v) is 6.04. The highest BCUT2D eigenvalue weighted by atomic mass is 16.7. The van der Waals surface area contributed by atoms with Gasteiger partial charge in [0, 0.05) is 23.6 Å². The lowest BCUT2D eigenvalue weighted by Crippen LogP contribution is -2.13. The first-order valence-corrected chi connectivity index (χ1v) is 8.31. The summed E-state index contributed by atoms with van der Waals surface area (Å²) < 4.78 is 22.1. The van der Waals surface area contributed by atoms with Crippen LogP contribution in [0.25, 0.3) is 0 Å². The van der Waals surface area contributed by atoms with E-state index in [2.05, 4.69) is 5.32 Å². The minimum absolute atomic E-state index is 0.129. The number of hydrogen-bond donors (Lipinski definition) is 1. The van der Waals surface area contributed by atoms with Crippen LogP contribution in [0, 0.1) is 0 Å². The van der Waals surface area contributed by atoms with Crippen LogP contribution in [0.3, 0.4) is 0 Å². The minimum Gasteiger partial charge on any atom is -0.492 e. The number of carbonyl (C=O) groups is 1. The normalized spacial score (nSPS) is 17.0. The Labute approximate surface area is 145 Å². The predicted molar refractivity (Wildman–Crippen MR) is 91.9 cm³/mol. The number of fused-ring (bicyclic) bond motifs is 2. The van der Waals surface area contributed by atoms with Gasteiger partial charge in [-0.1, -0.05) is 0 Å². The van der Waals surface area contributed by atoms with E-state index in [1.165, 1.54) is 0 Å². The first-order chi connectivity index (χ1) is 12.1. The molecule has 0 radical (unpaired) electrons. The number of ether oxygens (including phenoxy) is 4. The van der Waals surface area contributed by atoms with Gasteiger partial charge in [-0.25, -0.2) is 0 Å². The number of nitrogens with one attached hydrogen (secondary N) is 1. The Morgan fingerprint density at radius 3 is 2.88 bits per heavy atom. The van der Waals surface area contributed by atoms with Crippen molar-refractivity contribution in [1.29, 1.82) is 0 Å². The molecule has 2 aliphatic rings. The second-order valence-electron chi connectivity index (χ2n) is 6.04. The van der Waals surface area contributed by atoms with Gasteiger partial charge in [0.15, 0.2) is 11.5 Å². The highest BCUT2D eigenvalue weighted by molar-refractivity contribution is 6.05. The van der Waals surface area contributed by atoms with Crippen LogP contribution in [0.15, 0.2) is 30.3 Å². The van der Waals surface area contributed by atoms with Crippen LogP contribution in [0.5, 0.6) is 23.0 Å². The maximum absolute atomic E-state index is 12.6. The van der Waals surface area contributed by atoms with Crippen LogP contribution >= 0.6 is 0 Å². The fourth-order valence-electron chi connectivity index (χ4n) is 3.04. The van der Waals surface area contributed by atoms with E-state index in [1.54, 1.807) is 18.2 Å². The third-order valence-corrected chi connectivity index (χ3v) is 4.18. The molecule has 2 heterocycles. The molecule has 6 heteroatoms. The molecule has 0 saturated carbocycles. The largest absolute Gasteiger partial charge is 0.492 e. The van der Waals surface area contributed by atoms with Gasteiger partial charge < -0.3 is 24.3 Å². The third-order valence-electron chi connectivity index (χ3n) is 4.18. The highest BCUT2D eigenvalue weighted by Gasteiger charge is 2.23. The minimum atomic E-state index is -0.245. The highest BCUT2D eigenvalue weighted by Crippen LogP contribution is 2.38. The lowest BCUT2D eigenvalue weighted by atomic mass is 10.1. The monoisotopic (exact) mass is 341 g/mol. The number of anilines is 1. The Balaban J connectivity index is 1.61. The molecule has 0 bridgehead atoms. The molecule has 1 atom stereocenters. The van der Waals surface area contributed by atoms with Crippen LogP contribution in [0.2, 0.25) is 0 Å². The quantitative estimate of drug-likeness (QED) is 0.923. The molecule has 2 aromatic rings. The summed E-state index contributed by atoms with van der Waals surface area (Å²) in [6.45, 7) is 4.62. The van der Waals surface area contributed by atoms with E-state index in [0.29, 0.717) is 35.1 Å². The van der Waals surface area contributed by atoms with E-state index in [1.807, 2.05) is 26.0 Å². The summed E-state index contributed by atoms with van der Waals surface area (Å²) in [5.74, 6) is 2.41. The molecule has 130 valence electrons. The van der Waals surface area contributed by atoms with E-state index in [4.69, 9.17) is 18.9 Å². The molecule has 0 fully saturated rings. The van der Waals surface area contributed by atoms with Crippen LogP contribution in [0.4, 0.5) is 5.69 Å². The summed E-state index contributed by atoms with van der Waals surface area (Å²) in [6, 6.07) is 8.87. The molecule has 1 amide bonds. The van der Waals surface area contributed by atoms with Crippen LogP contribution in [-0.4, -0.2) is 25.4 Å². The Morgan fingerprint density at radius 1 is 1.20 bits per heavy atom. The summed E-state index contributed by atoms with van der Waals surface area (Å²) in [4.78, 5) is 12.6. The first-order valence-electron chi connectivity index (χ1n) is 8.31. The molecule has 0 spiro atoms. The van der Waals surface area contributed by atoms with Crippen molar-refractivity contribution in [2.45, 2.75) is 26.4 Å². The molecule has 25 heavy (non-hydrogen) atoms. The zero-order valence-corrected chi connectivity index (χ0v) is 14.1. The topological polar surface area (TPSA) is 66.0 Å². The maximum atomic E-state index is 12.6. The lowest BCUT2D eigenvalue weighted by molar-refractivity contribution is 0.102. The molecule has 1 N–H and O–H groups in total. The third kappa shape index (κ3) is 2.95. The predicted octanol–water partition coefficient (Wildman–Crippen LogP) is 3.39. The molecular formula is C19H19NO5. The SMILES string of the molecule is CCOc1cc2c(cc1NC(=O)c1ccc3c(c1)OCO3)O[C@H](C)C2. The molecule has 6 nitrogen and oxygen atoms in total. The number of hydrogen-bond acceptors (Lipinski definition) is 5. The van der Waals surface area contributed by atoms with Crippen LogP contribution < -0.4 is 24.3 Å². The summed E-state index contributed by atoms with van der Waals surface area (Å²) in [6.07, 6.45) is 0.968. The molecular weight excluding hydrogens is 322 g/mol. The zero-order chi connectivity index (χ0) is 17.4. The fraction of sp³-hybridized carbons (Fsp3) is 0.316. The Hall–Kier alpha value is -2.89. The van der Waals surface area contributed by atoms with E-state index in [0.717, 1.165) is 17.7 Å². The van der Waals surface area contributed by atoms with Gasteiger partial charge >= 0.3 is 0 Å². The standard InChI is InChI=1S/C19H19NO5/c1-3-22-17-8-13-6-11(2)25-16(13)9-14(17)20-19(21)12-4-5-15-18(7-12)24-10-23-15/h4-5,7-9,11H,3,6,10H2,1-2H3,(H,20,21)/t11-/m1/s1. The van der Waals surface area contributed by atoms with Gasteiger partial charge in [-0.3, -0.25) is 4.79 Å². The van der Waals surface area contributed by atoms with E-state index in [9.17, 15) is 4.79 Å². The van der Waals surface area contributed by atoms with Gasteiger partial charge in [0.05, 0.1) is 12.3 Å². The maximum Gasteiger partial charge on any atom is 0.255 e. The van der Waals surface area contributed by atoms with Crippen molar-refractivity contribution in [3.63, 3.8) is 0 Å². The summed E-state index contributed by atoms with van der Waals surface area (Å²) in [5, 5.41) is 2.91. The summed E-state index contributed by atoms with van der Waals surface area (Å²) in [5.41, 5.74) is 2.18. The Bertz CT molecular complexity index is 833. The van der Waals surface area contributed by atoms with Crippen molar-refractivity contribution in [2.24, 2.45) is 0 Å². The van der Waals surface area contributed by atoms with Gasteiger partial charge in [0.25, 0.3) is 5.91 Å². The van der Waals surface area contributed by atoms with Gasteiger partial charge in [0.2, 0.25) is 6.79 Å². The Kier molecular flexibility index (Phi) is 3.87. The summed E-state index contributed by atoms with van der Waals surface area (Å²) >= 11 is 0. The van der Waals surface area contributed by atoms with Crippen molar-refractivity contribution >= 4 is 11.6 Å². The Morgan fingerprint density at radius 2 is 2.04 bits per heavy atom. The molecule has 0 aliphatic carbocycles. The van der Waals surface area contributed by atoms with Crippen molar-refractivity contribution in [3.05, 3.63) is 41.5 Å². The molecule has 2 aromatic carbocycles. The fourth-order valence-corrected chi connectivity index (χ4v) is 3.04. The summed E-state index contributed by atoms with van der Waals surface area (Å²) in [7, 11) is 0. The van der Waals surface area contributed by atoms with E-state index < -0.39 is 0 Å². The average molecular weight is 341 g/mol. The lowest BCUT2D eigenvalue weighted by Gasteiger charge is -2.13. The molecule has 4 rings (SSSR count). The van der Waals surface area contributed by atoms with Gasteiger partial charge in [-0.2, -0.15) is 0 Å². The molecule has 0 saturated heterocycles. The van der Waals surface area contributed by atoms with Crippen molar-refractivity contribution in [3.8, 4) is 23.0 Å². The molecule has 2 aliphatic heterocycles. The van der Waals surface area contributed by atoms with Gasteiger partial charge in [-0.05, 0) is 38.1 Å². The smallest absolute Gasteiger partial charge is 0.255 e. The number of carbonyl (C=O) groups excluding carboxylic acids is 1. The van der Waals surface area contributed by atoms with Crippen LogP contribution in [-0.2, 0) is 6.42 Å². The average Bonchev–Trinajstić information content (AvgIpc) is 3.19. The number of benzene rings is 2.